The molecule has 122 valence electrons. The van der Waals surface area contributed by atoms with Crippen LogP contribution < -0.4 is 4.90 Å². The number of hydrogen-bond acceptors (Lipinski definition) is 2. The predicted octanol–water partition coefficient (Wildman–Crippen LogP) is 3.41. The van der Waals surface area contributed by atoms with Crippen molar-refractivity contribution in [2.24, 2.45) is 11.8 Å². The summed E-state index contributed by atoms with van der Waals surface area (Å²) in [5.41, 5.74) is 4.37. The van der Waals surface area contributed by atoms with E-state index in [1.165, 1.54) is 5.56 Å². The van der Waals surface area contributed by atoms with Gasteiger partial charge in [0.25, 0.3) is 0 Å². The van der Waals surface area contributed by atoms with Crippen molar-refractivity contribution in [1.29, 1.82) is 0 Å². The molecule has 3 atom stereocenters. The number of amides is 1. The van der Waals surface area contributed by atoms with E-state index in [9.17, 15) is 14.7 Å². The summed E-state index contributed by atoms with van der Waals surface area (Å²) in [5.74, 6) is -1.99. The molecule has 1 aromatic rings. The van der Waals surface area contributed by atoms with Crippen LogP contribution in [0.1, 0.15) is 39.2 Å². The molecule has 1 aromatic carbocycles. The molecule has 1 aliphatic heterocycles. The van der Waals surface area contributed by atoms with Gasteiger partial charge < -0.3 is 10.0 Å². The van der Waals surface area contributed by atoms with Gasteiger partial charge >= 0.3 is 5.97 Å². The molecule has 3 rings (SSSR count). The predicted molar refractivity (Wildman–Crippen MR) is 89.3 cm³/mol. The number of aliphatic carboxylic acids is 1. The highest BCUT2D eigenvalue weighted by atomic mass is 16.4. The smallest absolute Gasteiger partial charge is 0.307 e. The summed E-state index contributed by atoms with van der Waals surface area (Å²) >= 11 is 0. The Balaban J connectivity index is 1.94. The molecule has 0 unspecified atom stereocenters. The van der Waals surface area contributed by atoms with Crippen LogP contribution in [0.25, 0.3) is 0 Å². The largest absolute Gasteiger partial charge is 0.481 e. The second-order valence-electron chi connectivity index (χ2n) is 6.91. The molecule has 0 spiro atoms. The molecule has 1 N–H and O–H groups in total. The number of rotatable bonds is 2. The molecule has 0 radical (unpaired) electrons. The number of fused-ring (bicyclic) bond motifs is 1. The molecule has 0 bridgehead atoms. The third-order valence-corrected chi connectivity index (χ3v) is 5.35. The van der Waals surface area contributed by atoms with Crippen molar-refractivity contribution in [2.45, 2.75) is 46.1 Å². The fourth-order valence-electron chi connectivity index (χ4n) is 3.89. The summed E-state index contributed by atoms with van der Waals surface area (Å²) in [6.45, 7) is 6.01. The molecule has 1 heterocycles. The van der Waals surface area contributed by atoms with Crippen LogP contribution in [-0.2, 0) is 16.0 Å². The lowest BCUT2D eigenvalue weighted by molar-refractivity contribution is -0.147. The van der Waals surface area contributed by atoms with Crippen LogP contribution in [0.15, 0.2) is 35.4 Å². The first-order valence-corrected chi connectivity index (χ1v) is 8.19. The maximum Gasteiger partial charge on any atom is 0.307 e. The zero-order chi connectivity index (χ0) is 16.7. The van der Waals surface area contributed by atoms with E-state index in [1.54, 1.807) is 0 Å². The summed E-state index contributed by atoms with van der Waals surface area (Å²) in [4.78, 5) is 26.7. The van der Waals surface area contributed by atoms with E-state index >= 15 is 0 Å². The average molecular weight is 313 g/mol. The molecule has 0 fully saturated rings. The van der Waals surface area contributed by atoms with E-state index in [0.29, 0.717) is 12.8 Å². The zero-order valence-corrected chi connectivity index (χ0v) is 13.9. The van der Waals surface area contributed by atoms with Crippen molar-refractivity contribution in [2.75, 3.05) is 4.90 Å². The number of anilines is 1. The van der Waals surface area contributed by atoms with Gasteiger partial charge in [0.1, 0.15) is 0 Å². The van der Waals surface area contributed by atoms with E-state index in [4.69, 9.17) is 0 Å². The topological polar surface area (TPSA) is 57.6 Å². The Labute approximate surface area is 136 Å². The third-order valence-electron chi connectivity index (χ3n) is 5.35. The van der Waals surface area contributed by atoms with Gasteiger partial charge in [0.2, 0.25) is 5.91 Å². The molecule has 1 aliphatic carbocycles. The number of nitrogens with zero attached hydrogens (tertiary/aromatic N) is 1. The fraction of sp³-hybridized carbons (Fsp3) is 0.474. The van der Waals surface area contributed by atoms with Gasteiger partial charge in [-0.2, -0.15) is 0 Å². The Morgan fingerprint density at radius 3 is 2.30 bits per heavy atom. The summed E-state index contributed by atoms with van der Waals surface area (Å²) in [7, 11) is 0. The minimum atomic E-state index is -0.865. The highest BCUT2D eigenvalue weighted by Crippen LogP contribution is 2.39. The van der Waals surface area contributed by atoms with E-state index in [-0.39, 0.29) is 11.9 Å². The van der Waals surface area contributed by atoms with Crippen LogP contribution in [0.3, 0.4) is 0 Å². The van der Waals surface area contributed by atoms with Gasteiger partial charge in [-0.05, 0) is 51.7 Å². The molecule has 23 heavy (non-hydrogen) atoms. The van der Waals surface area contributed by atoms with E-state index in [2.05, 4.69) is 0 Å². The van der Waals surface area contributed by atoms with E-state index < -0.39 is 17.8 Å². The quantitative estimate of drug-likeness (QED) is 0.851. The van der Waals surface area contributed by atoms with Crippen LogP contribution >= 0.6 is 0 Å². The number of carbonyl (C=O) groups is 2. The van der Waals surface area contributed by atoms with Crippen LogP contribution in [0.4, 0.5) is 5.69 Å². The first kappa shape index (κ1) is 15.8. The van der Waals surface area contributed by atoms with Crippen LogP contribution in [0.5, 0.6) is 0 Å². The monoisotopic (exact) mass is 313 g/mol. The van der Waals surface area contributed by atoms with Gasteiger partial charge in [0.05, 0.1) is 11.8 Å². The average Bonchev–Trinajstić information content (AvgIpc) is 2.84. The number of hydrogen-bond donors (Lipinski definition) is 1. The third kappa shape index (κ3) is 2.67. The number of carboxylic acids is 1. The van der Waals surface area contributed by atoms with E-state index in [0.717, 1.165) is 23.3 Å². The maximum absolute atomic E-state index is 13.2. The maximum atomic E-state index is 13.2. The Kier molecular flexibility index (Phi) is 4.00. The second kappa shape index (κ2) is 5.84. The van der Waals surface area contributed by atoms with Gasteiger partial charge in [-0.3, -0.25) is 9.59 Å². The summed E-state index contributed by atoms with van der Waals surface area (Å²) < 4.78 is 0. The molecule has 1 amide bonds. The van der Waals surface area contributed by atoms with Gasteiger partial charge in [-0.1, -0.05) is 29.3 Å². The SMILES string of the molecule is CC1=C(C)C[C@H](C(=O)N2c3ccccc3C[C@H]2C)[C@@H](C(=O)O)C1. The van der Waals surface area contributed by atoms with Crippen molar-refractivity contribution in [1.82, 2.24) is 0 Å². The molecular weight excluding hydrogens is 290 g/mol. The summed E-state index contributed by atoms with van der Waals surface area (Å²) in [6.07, 6.45) is 1.86. The zero-order valence-electron chi connectivity index (χ0n) is 13.9. The van der Waals surface area contributed by atoms with Crippen molar-refractivity contribution in [3.63, 3.8) is 0 Å². The fourth-order valence-corrected chi connectivity index (χ4v) is 3.89. The van der Waals surface area contributed by atoms with Crippen LogP contribution in [0.2, 0.25) is 0 Å². The van der Waals surface area contributed by atoms with Gasteiger partial charge in [-0.25, -0.2) is 0 Å². The van der Waals surface area contributed by atoms with Crippen molar-refractivity contribution >= 4 is 17.6 Å². The summed E-state index contributed by atoms with van der Waals surface area (Å²) in [5, 5.41) is 9.57. The molecule has 0 saturated carbocycles. The lowest BCUT2D eigenvalue weighted by Crippen LogP contribution is -2.45. The number of benzene rings is 1. The summed E-state index contributed by atoms with van der Waals surface area (Å²) in [6, 6.07) is 8.01. The first-order valence-electron chi connectivity index (χ1n) is 8.19. The van der Waals surface area contributed by atoms with E-state index in [1.807, 2.05) is 49.9 Å². The molecule has 4 nitrogen and oxygen atoms in total. The molecule has 2 aliphatic rings. The van der Waals surface area contributed by atoms with Gasteiger partial charge in [-0.15, -0.1) is 0 Å². The number of carbonyl (C=O) groups excluding carboxylic acids is 1. The Hall–Kier alpha value is -2.10. The number of allylic oxidation sites excluding steroid dienone is 2. The Morgan fingerprint density at radius 2 is 1.65 bits per heavy atom. The van der Waals surface area contributed by atoms with Gasteiger partial charge in [0, 0.05) is 11.7 Å². The number of carboxylic acid groups (broad SMARTS) is 1. The first-order chi connectivity index (χ1) is 10.9. The van der Waals surface area contributed by atoms with Crippen LogP contribution in [-0.4, -0.2) is 23.0 Å². The molecule has 0 aromatic heterocycles. The molecule has 4 heteroatoms. The lowest BCUT2D eigenvalue weighted by atomic mass is 9.75. The minimum absolute atomic E-state index is 0.0401. The standard InChI is InChI=1S/C19H23NO3/c1-11-8-15(16(19(22)23)9-12(11)2)18(21)20-13(3)10-14-6-4-5-7-17(14)20/h4-7,13,15-16H,8-10H2,1-3H3,(H,22,23)/t13-,15+,16+/m1/s1. The Morgan fingerprint density at radius 1 is 1.04 bits per heavy atom. The van der Waals surface area contributed by atoms with Crippen LogP contribution in [0, 0.1) is 11.8 Å². The van der Waals surface area contributed by atoms with Gasteiger partial charge in [0.15, 0.2) is 0 Å². The highest BCUT2D eigenvalue weighted by Gasteiger charge is 2.42. The molecular formula is C19H23NO3. The second-order valence-corrected chi connectivity index (χ2v) is 6.91. The normalized spacial score (nSPS) is 27.1. The van der Waals surface area contributed by atoms with Crippen molar-refractivity contribution in [3.8, 4) is 0 Å². The minimum Gasteiger partial charge on any atom is -0.481 e. The lowest BCUT2D eigenvalue weighted by Gasteiger charge is -2.34. The van der Waals surface area contributed by atoms with Crippen molar-refractivity contribution in [3.05, 3.63) is 41.0 Å². The number of para-hydroxylation sites is 1. The molecule has 0 saturated heterocycles. The highest BCUT2D eigenvalue weighted by molar-refractivity contribution is 5.99. The van der Waals surface area contributed by atoms with Crippen molar-refractivity contribution < 1.29 is 14.7 Å². The Bertz CT molecular complexity index is 692.